The summed E-state index contributed by atoms with van der Waals surface area (Å²) in [7, 11) is 0. The smallest absolute Gasteiger partial charge is 0.405 e. The maximum Gasteiger partial charge on any atom is 0.405 e. The fourth-order valence-electron chi connectivity index (χ4n) is 6.02. The van der Waals surface area contributed by atoms with E-state index >= 15 is 0 Å². The van der Waals surface area contributed by atoms with E-state index in [0.717, 1.165) is 67.2 Å². The fraction of sp³-hybridized carbons (Fsp3) is 0.419. The number of hydrogen-bond acceptors (Lipinski definition) is 5. The van der Waals surface area contributed by atoms with E-state index in [2.05, 4.69) is 20.1 Å². The van der Waals surface area contributed by atoms with E-state index in [1.54, 1.807) is 0 Å². The molecule has 1 aliphatic heterocycles. The predicted octanol–water partition coefficient (Wildman–Crippen LogP) is 5.42. The molecule has 1 fully saturated rings. The van der Waals surface area contributed by atoms with Crippen LogP contribution in [0.5, 0.6) is 5.88 Å². The van der Waals surface area contributed by atoms with Crippen molar-refractivity contribution in [2.24, 2.45) is 0 Å². The molecule has 2 aliphatic rings. The molecule has 212 valence electrons. The average molecular weight is 553 g/mol. The van der Waals surface area contributed by atoms with Crippen LogP contribution >= 0.6 is 0 Å². The second-order valence-corrected chi connectivity index (χ2v) is 10.3. The maximum atomic E-state index is 13.6. The third-order valence-corrected chi connectivity index (χ3v) is 7.87. The minimum absolute atomic E-state index is 0.443. The molecule has 0 atom stereocenters. The van der Waals surface area contributed by atoms with Crippen molar-refractivity contribution >= 4 is 11.7 Å². The molecular weight excluding hydrogens is 517 g/mol. The van der Waals surface area contributed by atoms with E-state index in [9.17, 15) is 18.0 Å². The molecule has 0 saturated carbocycles. The zero-order valence-corrected chi connectivity index (χ0v) is 22.7. The van der Waals surface area contributed by atoms with Gasteiger partial charge < -0.3 is 15.0 Å². The van der Waals surface area contributed by atoms with Gasteiger partial charge in [0.25, 0.3) is 0 Å². The van der Waals surface area contributed by atoms with Crippen LogP contribution in [0.15, 0.2) is 66.7 Å². The number of alkyl halides is 3. The monoisotopic (exact) mass is 552 g/mol. The molecule has 0 radical (unpaired) electrons. The van der Waals surface area contributed by atoms with Crippen LogP contribution in [0.3, 0.4) is 0 Å². The lowest BCUT2D eigenvalue weighted by atomic mass is 9.73. The number of piperazine rings is 1. The largest absolute Gasteiger partial charge is 0.478 e. The summed E-state index contributed by atoms with van der Waals surface area (Å²) in [5.41, 5.74) is 2.25. The van der Waals surface area contributed by atoms with Gasteiger partial charge in [-0.3, -0.25) is 9.69 Å². The zero-order valence-electron chi connectivity index (χ0n) is 22.7. The summed E-state index contributed by atoms with van der Waals surface area (Å²) in [6.07, 6.45) is -2.48. The topological polar surface area (TPSA) is 57.7 Å². The van der Waals surface area contributed by atoms with Crippen LogP contribution in [0, 0.1) is 0 Å². The Morgan fingerprint density at radius 2 is 1.57 bits per heavy atom. The van der Waals surface area contributed by atoms with Gasteiger partial charge in [-0.2, -0.15) is 18.2 Å². The van der Waals surface area contributed by atoms with Crippen molar-refractivity contribution in [3.8, 4) is 17.0 Å². The molecule has 40 heavy (non-hydrogen) atoms. The van der Waals surface area contributed by atoms with Crippen molar-refractivity contribution in [2.45, 2.75) is 37.8 Å². The fourth-order valence-corrected chi connectivity index (χ4v) is 6.02. The molecule has 0 spiro atoms. The summed E-state index contributed by atoms with van der Waals surface area (Å²) in [4.78, 5) is 22.9. The van der Waals surface area contributed by atoms with Crippen LogP contribution in [0.4, 0.5) is 19.0 Å². The van der Waals surface area contributed by atoms with Gasteiger partial charge >= 0.3 is 6.18 Å². The lowest BCUT2D eigenvalue weighted by molar-refractivity contribution is -0.141. The quantitative estimate of drug-likeness (QED) is 0.341. The van der Waals surface area contributed by atoms with Gasteiger partial charge in [0.1, 0.15) is 17.8 Å². The highest BCUT2D eigenvalue weighted by Gasteiger charge is 2.49. The Balaban J connectivity index is 1.24. The summed E-state index contributed by atoms with van der Waals surface area (Å²) in [5, 5.41) is 2.21. The molecule has 1 saturated heterocycles. The molecule has 6 nitrogen and oxygen atoms in total. The van der Waals surface area contributed by atoms with E-state index in [4.69, 9.17) is 4.74 Å². The number of unbranched alkanes of at least 4 members (excludes halogenated alkanes) is 1. The summed E-state index contributed by atoms with van der Waals surface area (Å²) in [6.45, 7) is 5.53. The second kappa shape index (κ2) is 11.9. The average Bonchev–Trinajstić information content (AvgIpc) is 3.25. The van der Waals surface area contributed by atoms with Crippen LogP contribution in [0.2, 0.25) is 0 Å². The van der Waals surface area contributed by atoms with E-state index in [1.165, 1.54) is 0 Å². The first-order valence-electron chi connectivity index (χ1n) is 13.9. The maximum absolute atomic E-state index is 13.6. The van der Waals surface area contributed by atoms with Gasteiger partial charge in [0.05, 0.1) is 6.61 Å². The number of nitrogens with zero attached hydrogens (tertiary/aromatic N) is 3. The number of carbonyl (C=O) groups is 1. The van der Waals surface area contributed by atoms with Gasteiger partial charge in [-0.15, -0.1) is 0 Å². The summed E-state index contributed by atoms with van der Waals surface area (Å²) < 4.78 is 44.8. The molecule has 0 unspecified atom stereocenters. The normalized spacial score (nSPS) is 16.4. The number of amides is 1. The lowest BCUT2D eigenvalue weighted by Gasteiger charge is -2.36. The molecule has 3 aromatic rings. The number of anilines is 1. The Kier molecular flexibility index (Phi) is 8.30. The van der Waals surface area contributed by atoms with E-state index in [0.29, 0.717) is 25.3 Å². The Morgan fingerprint density at radius 1 is 0.925 bits per heavy atom. The number of benzene rings is 2. The van der Waals surface area contributed by atoms with Crippen LogP contribution in [0.25, 0.3) is 11.1 Å². The Labute approximate surface area is 233 Å². The number of hydrogen-bond donors (Lipinski definition) is 1. The molecular formula is C31H35F3N4O2. The van der Waals surface area contributed by atoms with Crippen molar-refractivity contribution in [3.63, 3.8) is 0 Å². The van der Waals surface area contributed by atoms with Crippen molar-refractivity contribution in [1.29, 1.82) is 0 Å². The summed E-state index contributed by atoms with van der Waals surface area (Å²) in [5.74, 6) is 0.958. The second-order valence-electron chi connectivity index (χ2n) is 10.3. The van der Waals surface area contributed by atoms with Gasteiger partial charge in [-0.05, 0) is 54.6 Å². The number of fused-ring (bicyclic) bond motifs is 3. The molecule has 2 aromatic carbocycles. The van der Waals surface area contributed by atoms with Crippen LogP contribution in [-0.2, 0) is 10.2 Å². The van der Waals surface area contributed by atoms with Crippen molar-refractivity contribution in [3.05, 3.63) is 77.9 Å². The SMILES string of the molecule is CCOc1cccc(N2CCN(CCCCC3(C(=O)NCC(F)(F)F)c4ccccc4-c4ccccc43)CC2)n1. The Morgan fingerprint density at radius 3 is 2.20 bits per heavy atom. The summed E-state index contributed by atoms with van der Waals surface area (Å²) in [6, 6.07) is 21.0. The lowest BCUT2D eigenvalue weighted by Crippen LogP contribution is -2.48. The number of nitrogens with one attached hydrogen (secondary N) is 1. The van der Waals surface area contributed by atoms with Gasteiger partial charge in [-0.1, -0.05) is 61.0 Å². The molecule has 1 aliphatic carbocycles. The van der Waals surface area contributed by atoms with E-state index < -0.39 is 24.0 Å². The first kappa shape index (κ1) is 28.0. The van der Waals surface area contributed by atoms with Crippen molar-refractivity contribution < 1.29 is 22.7 Å². The molecule has 0 bridgehead atoms. The standard InChI is InChI=1S/C31H35F3N4O2/c1-2-40-28-15-9-14-27(36-28)38-20-18-37(19-21-38)17-8-7-16-30(29(39)35-22-31(32,33)34)25-12-5-3-10-23(25)24-11-4-6-13-26(24)30/h3-6,9-15H,2,7-8,16-22H2,1H3,(H,35,39). The van der Waals surface area contributed by atoms with E-state index in [-0.39, 0.29) is 0 Å². The Bertz CT molecular complexity index is 1280. The van der Waals surface area contributed by atoms with Crippen molar-refractivity contribution in [2.75, 3.05) is 50.8 Å². The minimum atomic E-state index is -4.48. The van der Waals surface area contributed by atoms with Crippen LogP contribution < -0.4 is 15.0 Å². The van der Waals surface area contributed by atoms with E-state index in [1.807, 2.05) is 73.7 Å². The zero-order chi connectivity index (χ0) is 28.2. The van der Waals surface area contributed by atoms with Gasteiger partial charge in [0, 0.05) is 32.2 Å². The molecule has 1 aromatic heterocycles. The van der Waals surface area contributed by atoms with Gasteiger partial charge in [-0.25, -0.2) is 0 Å². The first-order valence-corrected chi connectivity index (χ1v) is 13.9. The highest BCUT2D eigenvalue weighted by Crippen LogP contribution is 2.51. The number of halogens is 3. The molecule has 9 heteroatoms. The molecule has 5 rings (SSSR count). The molecule has 1 amide bonds. The van der Waals surface area contributed by atoms with Crippen molar-refractivity contribution in [1.82, 2.24) is 15.2 Å². The number of ether oxygens (including phenoxy) is 1. The number of pyridine rings is 1. The number of aromatic nitrogens is 1. The third kappa shape index (κ3) is 5.80. The Hall–Kier alpha value is -3.59. The summed E-state index contributed by atoms with van der Waals surface area (Å²) >= 11 is 0. The van der Waals surface area contributed by atoms with Gasteiger partial charge in [0.15, 0.2) is 0 Å². The van der Waals surface area contributed by atoms with Crippen LogP contribution in [0.1, 0.15) is 37.3 Å². The highest BCUT2D eigenvalue weighted by atomic mass is 19.4. The minimum Gasteiger partial charge on any atom is -0.478 e. The highest BCUT2D eigenvalue weighted by molar-refractivity contribution is 6.00. The first-order chi connectivity index (χ1) is 19.3. The van der Waals surface area contributed by atoms with Crippen LogP contribution in [-0.4, -0.2) is 67.8 Å². The number of rotatable bonds is 10. The number of carbonyl (C=O) groups excluding carboxylic acids is 1. The molecule has 1 N–H and O–H groups in total. The molecule has 2 heterocycles. The predicted molar refractivity (Wildman–Crippen MR) is 150 cm³/mol. The van der Waals surface area contributed by atoms with Gasteiger partial charge in [0.2, 0.25) is 11.8 Å². The third-order valence-electron chi connectivity index (χ3n) is 7.87.